The maximum Gasteiger partial charge on any atom is 0.335 e. The van der Waals surface area contributed by atoms with Gasteiger partial charge in [0.15, 0.2) is 0 Å². The lowest BCUT2D eigenvalue weighted by Crippen LogP contribution is -2.26. The van der Waals surface area contributed by atoms with E-state index < -0.39 is 12.1 Å². The minimum Gasteiger partial charge on any atom is -0.491 e. The van der Waals surface area contributed by atoms with E-state index in [0.717, 1.165) is 5.69 Å². The molecule has 2 aromatic carbocycles. The molecular weight excluding hydrogens is 306 g/mol. The lowest BCUT2D eigenvalue weighted by molar-refractivity contribution is 0.0697. The molecule has 0 aliphatic rings. The van der Waals surface area contributed by atoms with Crippen LogP contribution in [0.3, 0.4) is 0 Å². The summed E-state index contributed by atoms with van der Waals surface area (Å²) in [5.74, 6) is -0.336. The van der Waals surface area contributed by atoms with E-state index in [-0.39, 0.29) is 12.2 Å². The summed E-state index contributed by atoms with van der Waals surface area (Å²) < 4.78 is 5.44. The van der Waals surface area contributed by atoms with Crippen LogP contribution >= 0.6 is 11.6 Å². The molecule has 2 aromatic rings. The summed E-state index contributed by atoms with van der Waals surface area (Å²) in [4.78, 5) is 10.7. The molecule has 0 bridgehead atoms. The Labute approximate surface area is 133 Å². The first-order valence-electron chi connectivity index (χ1n) is 6.68. The first-order valence-corrected chi connectivity index (χ1v) is 7.06. The van der Waals surface area contributed by atoms with E-state index in [9.17, 15) is 9.90 Å². The number of aromatic carboxylic acids is 1. The van der Waals surface area contributed by atoms with E-state index in [0.29, 0.717) is 17.3 Å². The van der Waals surface area contributed by atoms with Gasteiger partial charge in [0.25, 0.3) is 0 Å². The highest BCUT2D eigenvalue weighted by atomic mass is 35.5. The number of halogens is 1. The summed E-state index contributed by atoms with van der Waals surface area (Å²) in [6.45, 7) is 0.432. The van der Waals surface area contributed by atoms with Crippen molar-refractivity contribution < 1.29 is 19.7 Å². The van der Waals surface area contributed by atoms with Crippen LogP contribution in [0.25, 0.3) is 0 Å². The molecule has 0 saturated carbocycles. The van der Waals surface area contributed by atoms with Crippen molar-refractivity contribution in [3.8, 4) is 5.75 Å². The summed E-state index contributed by atoms with van der Waals surface area (Å²) in [5.41, 5.74) is 0.952. The number of rotatable bonds is 7. The fourth-order valence-corrected chi connectivity index (χ4v) is 1.87. The molecule has 0 heterocycles. The van der Waals surface area contributed by atoms with E-state index in [1.54, 1.807) is 36.4 Å². The van der Waals surface area contributed by atoms with Crippen molar-refractivity contribution in [1.29, 1.82) is 0 Å². The van der Waals surface area contributed by atoms with Crippen molar-refractivity contribution in [2.75, 3.05) is 18.5 Å². The molecule has 0 fully saturated rings. The van der Waals surface area contributed by atoms with E-state index in [1.807, 2.05) is 0 Å². The molecule has 0 radical (unpaired) electrons. The Hall–Kier alpha value is -2.24. The summed E-state index contributed by atoms with van der Waals surface area (Å²) in [6, 6.07) is 13.2. The van der Waals surface area contributed by atoms with Gasteiger partial charge in [-0.25, -0.2) is 4.79 Å². The molecule has 0 amide bonds. The third kappa shape index (κ3) is 4.95. The highest BCUT2D eigenvalue weighted by Crippen LogP contribution is 2.15. The first kappa shape index (κ1) is 16.1. The van der Waals surface area contributed by atoms with Crippen LogP contribution in [0.2, 0.25) is 5.02 Å². The Bertz CT molecular complexity index is 613. The Balaban J connectivity index is 1.76. The van der Waals surface area contributed by atoms with Gasteiger partial charge in [0.2, 0.25) is 0 Å². The van der Waals surface area contributed by atoms with Gasteiger partial charge >= 0.3 is 5.97 Å². The highest BCUT2D eigenvalue weighted by Gasteiger charge is 2.06. The minimum absolute atomic E-state index is 0.141. The first-order chi connectivity index (χ1) is 10.5. The van der Waals surface area contributed by atoms with Crippen molar-refractivity contribution in [1.82, 2.24) is 0 Å². The molecular formula is C16H16ClNO4. The van der Waals surface area contributed by atoms with Crippen molar-refractivity contribution in [3.05, 3.63) is 59.1 Å². The standard InChI is InChI=1S/C16H16ClNO4/c17-12-3-7-15(8-4-12)22-10-14(19)9-18-13-5-1-11(2-6-13)16(20)21/h1-8,14,18-19H,9-10H2,(H,20,21). The third-order valence-electron chi connectivity index (χ3n) is 2.93. The predicted molar refractivity (Wildman–Crippen MR) is 84.8 cm³/mol. The molecule has 0 spiro atoms. The number of ether oxygens (including phenoxy) is 1. The molecule has 0 aromatic heterocycles. The zero-order valence-electron chi connectivity index (χ0n) is 11.7. The lowest BCUT2D eigenvalue weighted by Gasteiger charge is -2.14. The molecule has 1 unspecified atom stereocenters. The number of anilines is 1. The average Bonchev–Trinajstić information content (AvgIpc) is 2.52. The van der Waals surface area contributed by atoms with Crippen molar-refractivity contribution in [2.24, 2.45) is 0 Å². The maximum atomic E-state index is 10.7. The molecule has 2 rings (SSSR count). The van der Waals surface area contributed by atoms with Gasteiger partial charge in [0.1, 0.15) is 18.5 Å². The summed E-state index contributed by atoms with van der Waals surface area (Å²) in [6.07, 6.45) is -0.699. The van der Waals surface area contributed by atoms with Gasteiger partial charge in [-0.2, -0.15) is 0 Å². The highest BCUT2D eigenvalue weighted by molar-refractivity contribution is 6.30. The number of nitrogens with one attached hydrogen (secondary N) is 1. The molecule has 0 aliphatic carbocycles. The maximum absolute atomic E-state index is 10.7. The van der Waals surface area contributed by atoms with Gasteiger partial charge in [-0.3, -0.25) is 0 Å². The van der Waals surface area contributed by atoms with Crippen LogP contribution in [-0.2, 0) is 0 Å². The van der Waals surface area contributed by atoms with Gasteiger partial charge in [0, 0.05) is 17.3 Å². The van der Waals surface area contributed by atoms with E-state index >= 15 is 0 Å². The van der Waals surface area contributed by atoms with Crippen LogP contribution in [0.1, 0.15) is 10.4 Å². The molecule has 1 atom stereocenters. The van der Waals surface area contributed by atoms with Crippen LogP contribution in [0.5, 0.6) is 5.75 Å². The van der Waals surface area contributed by atoms with Crippen molar-refractivity contribution >= 4 is 23.3 Å². The number of carbonyl (C=O) groups is 1. The number of carboxylic acid groups (broad SMARTS) is 1. The third-order valence-corrected chi connectivity index (χ3v) is 3.18. The second-order valence-electron chi connectivity index (χ2n) is 4.68. The van der Waals surface area contributed by atoms with Gasteiger partial charge in [0.05, 0.1) is 5.56 Å². The fraction of sp³-hybridized carbons (Fsp3) is 0.188. The van der Waals surface area contributed by atoms with E-state index in [4.69, 9.17) is 21.4 Å². The largest absolute Gasteiger partial charge is 0.491 e. The van der Waals surface area contributed by atoms with Crippen LogP contribution in [-0.4, -0.2) is 35.4 Å². The van der Waals surface area contributed by atoms with E-state index in [1.165, 1.54) is 12.1 Å². The molecule has 6 heteroatoms. The SMILES string of the molecule is O=C(O)c1ccc(NCC(O)COc2ccc(Cl)cc2)cc1. The van der Waals surface area contributed by atoms with Crippen LogP contribution in [0.4, 0.5) is 5.69 Å². The zero-order valence-corrected chi connectivity index (χ0v) is 12.5. The molecule has 3 N–H and O–H groups in total. The Kier molecular flexibility index (Phi) is 5.63. The number of carboxylic acids is 1. The second kappa shape index (κ2) is 7.68. The topological polar surface area (TPSA) is 78.8 Å². The summed E-state index contributed by atoms with van der Waals surface area (Å²) in [7, 11) is 0. The normalized spacial score (nSPS) is 11.7. The van der Waals surface area contributed by atoms with Crippen LogP contribution in [0, 0.1) is 0 Å². The van der Waals surface area contributed by atoms with Gasteiger partial charge in [-0.15, -0.1) is 0 Å². The summed E-state index contributed by atoms with van der Waals surface area (Å²) in [5, 5.41) is 22.3. The van der Waals surface area contributed by atoms with Gasteiger partial charge < -0.3 is 20.3 Å². The minimum atomic E-state index is -0.969. The van der Waals surface area contributed by atoms with Crippen molar-refractivity contribution in [3.63, 3.8) is 0 Å². The van der Waals surface area contributed by atoms with Crippen LogP contribution < -0.4 is 10.1 Å². The predicted octanol–water partition coefficient (Wildman–Crippen LogP) is 2.89. The Morgan fingerprint density at radius 3 is 2.36 bits per heavy atom. The lowest BCUT2D eigenvalue weighted by atomic mass is 10.2. The quantitative estimate of drug-likeness (QED) is 0.731. The number of aliphatic hydroxyl groups is 1. The second-order valence-corrected chi connectivity index (χ2v) is 5.12. The fourth-order valence-electron chi connectivity index (χ4n) is 1.75. The number of aliphatic hydroxyl groups excluding tert-OH is 1. The number of benzene rings is 2. The Morgan fingerprint density at radius 2 is 1.77 bits per heavy atom. The smallest absolute Gasteiger partial charge is 0.335 e. The number of hydrogen-bond acceptors (Lipinski definition) is 4. The van der Waals surface area contributed by atoms with Gasteiger partial charge in [-0.1, -0.05) is 11.6 Å². The zero-order chi connectivity index (χ0) is 15.9. The molecule has 5 nitrogen and oxygen atoms in total. The molecule has 0 aliphatic heterocycles. The number of hydrogen-bond donors (Lipinski definition) is 3. The van der Waals surface area contributed by atoms with Crippen molar-refractivity contribution in [2.45, 2.75) is 6.10 Å². The summed E-state index contributed by atoms with van der Waals surface area (Å²) >= 11 is 5.77. The monoisotopic (exact) mass is 321 g/mol. The van der Waals surface area contributed by atoms with Gasteiger partial charge in [-0.05, 0) is 48.5 Å². The average molecular weight is 322 g/mol. The van der Waals surface area contributed by atoms with E-state index in [2.05, 4.69) is 5.32 Å². The Morgan fingerprint density at radius 1 is 1.14 bits per heavy atom. The molecule has 116 valence electrons. The molecule has 0 saturated heterocycles. The molecule has 22 heavy (non-hydrogen) atoms. The van der Waals surface area contributed by atoms with Crippen LogP contribution in [0.15, 0.2) is 48.5 Å².